The molecule has 2 N–H and O–H groups in total. The predicted molar refractivity (Wildman–Crippen MR) is 81.8 cm³/mol. The lowest BCUT2D eigenvalue weighted by molar-refractivity contribution is -0.136. The number of aromatic nitrogens is 2. The van der Waals surface area contributed by atoms with Crippen LogP contribution in [0.5, 0.6) is 0 Å². The summed E-state index contributed by atoms with van der Waals surface area (Å²) in [7, 11) is -5.39. The van der Waals surface area contributed by atoms with Gasteiger partial charge in [-0.3, -0.25) is 4.79 Å². The van der Waals surface area contributed by atoms with Crippen molar-refractivity contribution in [3.63, 3.8) is 0 Å². The highest BCUT2D eigenvalue weighted by Crippen LogP contribution is 2.28. The van der Waals surface area contributed by atoms with Gasteiger partial charge in [0, 0.05) is 37.2 Å². The van der Waals surface area contributed by atoms with Crippen LogP contribution in [0.3, 0.4) is 0 Å². The molecular formula is C14H19F3N4O3S. The minimum Gasteiger partial charge on any atom is -0.348 e. The Morgan fingerprint density at radius 1 is 1.40 bits per heavy atom. The number of likely N-dealkylation sites (tertiary alicyclic amines) is 1. The Morgan fingerprint density at radius 2 is 2.16 bits per heavy atom. The average Bonchev–Trinajstić information content (AvgIpc) is 3.19. The molecule has 1 fully saturated rings. The van der Waals surface area contributed by atoms with Gasteiger partial charge in [-0.2, -0.15) is 13.2 Å². The lowest BCUT2D eigenvalue weighted by Crippen LogP contribution is -2.48. The third-order valence-corrected chi connectivity index (χ3v) is 5.97. The second-order valence-electron chi connectivity index (χ2n) is 6.39. The van der Waals surface area contributed by atoms with Crippen molar-refractivity contribution in [2.45, 2.75) is 43.7 Å². The summed E-state index contributed by atoms with van der Waals surface area (Å²) in [5, 5.41) is 0. The van der Waals surface area contributed by atoms with Gasteiger partial charge in [0.25, 0.3) is 0 Å². The van der Waals surface area contributed by atoms with Crippen LogP contribution in [0.25, 0.3) is 0 Å². The van der Waals surface area contributed by atoms with E-state index in [-0.39, 0.29) is 11.8 Å². The lowest BCUT2D eigenvalue weighted by atomic mass is 9.88. The van der Waals surface area contributed by atoms with Gasteiger partial charge in [0.15, 0.2) is 0 Å². The second-order valence-corrected chi connectivity index (χ2v) is 8.15. The van der Waals surface area contributed by atoms with E-state index in [0.717, 1.165) is 11.4 Å². The number of nitrogens with zero attached hydrogens (tertiary/aromatic N) is 2. The van der Waals surface area contributed by atoms with E-state index >= 15 is 0 Å². The number of aryl methyl sites for hydroxylation is 1. The van der Waals surface area contributed by atoms with Crippen LogP contribution >= 0.6 is 0 Å². The number of carbonyl (C=O) groups excluding carboxylic acids is 1. The van der Waals surface area contributed by atoms with Crippen molar-refractivity contribution in [2.75, 3.05) is 13.1 Å². The van der Waals surface area contributed by atoms with Crippen LogP contribution in [0.1, 0.15) is 30.7 Å². The van der Waals surface area contributed by atoms with E-state index in [4.69, 9.17) is 0 Å². The van der Waals surface area contributed by atoms with E-state index in [1.165, 1.54) is 4.90 Å². The van der Waals surface area contributed by atoms with Crippen molar-refractivity contribution in [3.05, 3.63) is 17.7 Å². The molecule has 0 saturated carbocycles. The lowest BCUT2D eigenvalue weighted by Gasteiger charge is -2.30. The summed E-state index contributed by atoms with van der Waals surface area (Å²) in [6.45, 7) is 0.0131. The van der Waals surface area contributed by atoms with E-state index in [0.29, 0.717) is 38.6 Å². The molecule has 1 aliphatic heterocycles. The number of hydrogen-bond acceptors (Lipinski definition) is 4. The average molecular weight is 380 g/mol. The fourth-order valence-electron chi connectivity index (χ4n) is 3.47. The zero-order chi connectivity index (χ0) is 18.2. The first-order valence-electron chi connectivity index (χ1n) is 8.06. The molecule has 2 heterocycles. The molecule has 2 atom stereocenters. The number of fused-ring (bicyclic) bond motifs is 1. The fraction of sp³-hybridized carbons (Fsp3) is 0.714. The Morgan fingerprint density at radius 3 is 2.88 bits per heavy atom. The van der Waals surface area contributed by atoms with E-state index < -0.39 is 28.1 Å². The first-order chi connectivity index (χ1) is 11.7. The Balaban J connectivity index is 1.63. The molecule has 0 aromatic carbocycles. The normalized spacial score (nSPS) is 24.4. The third kappa shape index (κ3) is 3.66. The van der Waals surface area contributed by atoms with Gasteiger partial charge in [-0.1, -0.05) is 0 Å². The van der Waals surface area contributed by atoms with Crippen molar-refractivity contribution in [1.29, 1.82) is 0 Å². The van der Waals surface area contributed by atoms with Crippen LogP contribution in [0.4, 0.5) is 13.2 Å². The highest BCUT2D eigenvalue weighted by molar-refractivity contribution is 7.90. The zero-order valence-electron chi connectivity index (χ0n) is 13.3. The Hall–Kier alpha value is -1.62. The third-order valence-electron chi connectivity index (χ3n) is 4.81. The first kappa shape index (κ1) is 18.2. The molecule has 0 bridgehead atoms. The fourth-order valence-corrected chi connectivity index (χ4v) is 4.05. The maximum Gasteiger partial charge on any atom is 0.511 e. The van der Waals surface area contributed by atoms with Crippen molar-refractivity contribution in [2.24, 2.45) is 5.92 Å². The van der Waals surface area contributed by atoms with E-state index in [1.54, 1.807) is 11.0 Å². The molecule has 3 rings (SSSR count). The minimum atomic E-state index is -5.39. The zero-order valence-corrected chi connectivity index (χ0v) is 14.2. The molecule has 1 aliphatic carbocycles. The topological polar surface area (TPSA) is 95.2 Å². The smallest absolute Gasteiger partial charge is 0.348 e. The number of rotatable bonds is 4. The standard InChI is InChI=1S/C14H19F3N4O3S/c15-14(16,17)25(23,24)20-7-10-2-1-5-21(10)13(22)9-3-4-11-12(6-9)19-8-18-11/h8-10,20H,1-7H2,(H,18,19)/t9?,10-/m1/s1. The number of imidazole rings is 1. The molecule has 1 aromatic heterocycles. The Labute approximate surface area is 143 Å². The number of carbonyl (C=O) groups is 1. The monoisotopic (exact) mass is 380 g/mol. The molecule has 1 aromatic rings. The van der Waals surface area contributed by atoms with Crippen LogP contribution in [0.15, 0.2) is 6.33 Å². The summed E-state index contributed by atoms with van der Waals surface area (Å²) in [6.07, 6.45) is 4.54. The quantitative estimate of drug-likeness (QED) is 0.813. The molecule has 25 heavy (non-hydrogen) atoms. The van der Waals surface area contributed by atoms with Crippen molar-refractivity contribution in [3.8, 4) is 0 Å². The Kier molecular flexibility index (Phi) is 4.80. The van der Waals surface area contributed by atoms with Gasteiger partial charge < -0.3 is 9.88 Å². The minimum absolute atomic E-state index is 0.131. The number of sulfonamides is 1. The highest BCUT2D eigenvalue weighted by Gasteiger charge is 2.46. The van der Waals surface area contributed by atoms with Crippen LogP contribution in [0, 0.1) is 5.92 Å². The van der Waals surface area contributed by atoms with Gasteiger partial charge in [-0.15, -0.1) is 0 Å². The Bertz CT molecular complexity index is 747. The summed E-state index contributed by atoms with van der Waals surface area (Å²) < 4.78 is 61.1. The molecular weight excluding hydrogens is 361 g/mol. The molecule has 1 amide bonds. The molecule has 2 aliphatic rings. The summed E-state index contributed by atoms with van der Waals surface area (Å²) in [5.41, 5.74) is -3.49. The largest absolute Gasteiger partial charge is 0.511 e. The number of nitrogens with one attached hydrogen (secondary N) is 2. The van der Waals surface area contributed by atoms with Gasteiger partial charge in [-0.05, 0) is 25.7 Å². The van der Waals surface area contributed by atoms with Crippen molar-refractivity contribution >= 4 is 15.9 Å². The van der Waals surface area contributed by atoms with Gasteiger partial charge >= 0.3 is 15.5 Å². The molecule has 1 unspecified atom stereocenters. The number of hydrogen-bond donors (Lipinski definition) is 2. The molecule has 11 heteroatoms. The number of H-pyrrole nitrogens is 1. The van der Waals surface area contributed by atoms with Gasteiger partial charge in [0.2, 0.25) is 5.91 Å². The van der Waals surface area contributed by atoms with Crippen LogP contribution in [-0.2, 0) is 27.7 Å². The van der Waals surface area contributed by atoms with Crippen LogP contribution in [0.2, 0.25) is 0 Å². The predicted octanol–water partition coefficient (Wildman–Crippen LogP) is 0.945. The SMILES string of the molecule is O=C(C1CCc2nc[nH]c2C1)N1CCC[C@@H]1CNS(=O)(=O)C(F)(F)F. The van der Waals surface area contributed by atoms with Gasteiger partial charge in [0.1, 0.15) is 0 Å². The second kappa shape index (κ2) is 6.60. The first-order valence-corrected chi connectivity index (χ1v) is 9.55. The van der Waals surface area contributed by atoms with E-state index in [9.17, 15) is 26.4 Å². The van der Waals surface area contributed by atoms with Gasteiger partial charge in [-0.25, -0.2) is 18.1 Å². The molecule has 140 valence electrons. The molecule has 0 spiro atoms. The highest BCUT2D eigenvalue weighted by atomic mass is 32.2. The number of halogens is 3. The summed E-state index contributed by atoms with van der Waals surface area (Å²) in [5.74, 6) is -0.387. The molecule has 7 nitrogen and oxygen atoms in total. The number of aromatic amines is 1. The van der Waals surface area contributed by atoms with Gasteiger partial charge in [0.05, 0.1) is 12.0 Å². The number of alkyl halides is 3. The van der Waals surface area contributed by atoms with Crippen LogP contribution in [-0.4, -0.2) is 53.8 Å². The van der Waals surface area contributed by atoms with Crippen LogP contribution < -0.4 is 4.72 Å². The maximum atomic E-state index is 12.8. The van der Waals surface area contributed by atoms with Crippen molar-refractivity contribution in [1.82, 2.24) is 19.6 Å². The number of amides is 1. The molecule has 1 saturated heterocycles. The summed E-state index contributed by atoms with van der Waals surface area (Å²) in [4.78, 5) is 21.5. The van der Waals surface area contributed by atoms with E-state index in [1.807, 2.05) is 0 Å². The van der Waals surface area contributed by atoms with E-state index in [2.05, 4.69) is 9.97 Å². The van der Waals surface area contributed by atoms with Crippen molar-refractivity contribution < 1.29 is 26.4 Å². The molecule has 0 radical (unpaired) electrons. The summed E-state index contributed by atoms with van der Waals surface area (Å²) >= 11 is 0. The maximum absolute atomic E-state index is 12.8. The summed E-state index contributed by atoms with van der Waals surface area (Å²) in [6, 6.07) is -0.548.